The Kier molecular flexibility index (Phi) is 2.87. The van der Waals surface area contributed by atoms with Gasteiger partial charge in [0.05, 0.1) is 0 Å². The maximum Gasteiger partial charge on any atom is 0.226 e. The molecule has 4 aliphatic carbocycles. The number of rotatable bonds is 5. The normalized spacial score (nSPS) is 42.9. The van der Waals surface area contributed by atoms with Crippen LogP contribution in [0.1, 0.15) is 44.9 Å². The van der Waals surface area contributed by atoms with Gasteiger partial charge in [-0.2, -0.15) is 0 Å². The van der Waals surface area contributed by atoms with E-state index in [1.54, 1.807) is 0 Å². The van der Waals surface area contributed by atoms with Crippen LogP contribution in [0.15, 0.2) is 0 Å². The van der Waals surface area contributed by atoms with Crippen molar-refractivity contribution in [3.8, 4) is 0 Å². The molecule has 4 rings (SSSR count). The topological polar surface area (TPSA) is 46.3 Å². The predicted molar refractivity (Wildman–Crippen MR) is 74.3 cm³/mol. The van der Waals surface area contributed by atoms with Gasteiger partial charge in [-0.3, -0.25) is 4.79 Å². The highest BCUT2D eigenvalue weighted by molar-refractivity contribution is 5.83. The summed E-state index contributed by atoms with van der Waals surface area (Å²) in [6, 6.07) is 0.554. The third-order valence-corrected chi connectivity index (χ3v) is 6.42. The summed E-state index contributed by atoms with van der Waals surface area (Å²) in [4.78, 5) is 15.1. The Morgan fingerprint density at radius 2 is 1.79 bits per heavy atom. The zero-order valence-electron chi connectivity index (χ0n) is 11.8. The van der Waals surface area contributed by atoms with E-state index in [4.69, 9.17) is 5.73 Å². The van der Waals surface area contributed by atoms with Gasteiger partial charge in [-0.05, 0) is 75.2 Å². The number of fused-ring (bicyclic) bond motifs is 5. The summed E-state index contributed by atoms with van der Waals surface area (Å²) in [5.41, 5.74) is 5.64. The van der Waals surface area contributed by atoms with E-state index >= 15 is 0 Å². The van der Waals surface area contributed by atoms with Crippen LogP contribution in [0.3, 0.4) is 0 Å². The Labute approximate surface area is 115 Å². The molecule has 0 aromatic heterocycles. The molecule has 106 valence electrons. The zero-order valence-corrected chi connectivity index (χ0v) is 11.8. The number of amides is 1. The molecule has 3 heteroatoms. The Morgan fingerprint density at radius 3 is 2.32 bits per heavy atom. The van der Waals surface area contributed by atoms with Crippen LogP contribution in [0.5, 0.6) is 0 Å². The van der Waals surface area contributed by atoms with Gasteiger partial charge in [0.25, 0.3) is 0 Å². The summed E-state index contributed by atoms with van der Waals surface area (Å²) in [7, 11) is 0. The minimum atomic E-state index is 0.421. The minimum Gasteiger partial charge on any atom is -0.339 e. The first-order chi connectivity index (χ1) is 9.31. The summed E-state index contributed by atoms with van der Waals surface area (Å²) < 4.78 is 0. The van der Waals surface area contributed by atoms with E-state index in [1.165, 1.54) is 38.5 Å². The molecule has 19 heavy (non-hydrogen) atoms. The van der Waals surface area contributed by atoms with E-state index in [1.807, 2.05) is 0 Å². The molecule has 4 unspecified atom stereocenters. The molecule has 1 amide bonds. The maximum atomic E-state index is 12.9. The average Bonchev–Trinajstić information content (AvgIpc) is 2.79. The highest BCUT2D eigenvalue weighted by Gasteiger charge is 2.68. The average molecular weight is 262 g/mol. The van der Waals surface area contributed by atoms with Gasteiger partial charge in [0, 0.05) is 18.5 Å². The highest BCUT2D eigenvalue weighted by atomic mass is 16.2. The number of carbonyl (C=O) groups excluding carboxylic acids is 1. The number of nitrogens with zero attached hydrogens (tertiary/aromatic N) is 1. The summed E-state index contributed by atoms with van der Waals surface area (Å²) in [6.07, 6.45) is 8.97. The number of carbonyl (C=O) groups is 1. The van der Waals surface area contributed by atoms with Crippen LogP contribution in [0.25, 0.3) is 0 Å². The molecule has 0 saturated heterocycles. The van der Waals surface area contributed by atoms with Crippen molar-refractivity contribution in [1.82, 2.24) is 4.90 Å². The lowest BCUT2D eigenvalue weighted by Gasteiger charge is -2.38. The lowest BCUT2D eigenvalue weighted by molar-refractivity contribution is -0.137. The van der Waals surface area contributed by atoms with E-state index < -0.39 is 0 Å². The summed E-state index contributed by atoms with van der Waals surface area (Å²) in [5, 5.41) is 0. The molecule has 0 aliphatic heterocycles. The molecule has 4 fully saturated rings. The van der Waals surface area contributed by atoms with Gasteiger partial charge in [-0.1, -0.05) is 0 Å². The number of hydrogen-bond donors (Lipinski definition) is 1. The fraction of sp³-hybridized carbons (Fsp3) is 0.938. The molecule has 4 saturated carbocycles. The van der Waals surface area contributed by atoms with Crippen LogP contribution in [-0.4, -0.2) is 29.9 Å². The van der Waals surface area contributed by atoms with Gasteiger partial charge in [0.1, 0.15) is 0 Å². The SMILES string of the molecule is NCCCN(C(=O)C1C2C3CCC(C3)C12)C1CCC1. The zero-order chi connectivity index (χ0) is 13.0. The van der Waals surface area contributed by atoms with Crippen molar-refractivity contribution in [3.05, 3.63) is 0 Å². The molecule has 0 radical (unpaired) electrons. The van der Waals surface area contributed by atoms with Gasteiger partial charge >= 0.3 is 0 Å². The van der Waals surface area contributed by atoms with E-state index in [0.29, 0.717) is 24.4 Å². The van der Waals surface area contributed by atoms with E-state index in [0.717, 1.165) is 36.6 Å². The van der Waals surface area contributed by atoms with Crippen LogP contribution in [-0.2, 0) is 4.79 Å². The molecule has 0 heterocycles. The molecule has 4 aliphatic rings. The summed E-state index contributed by atoms with van der Waals surface area (Å²) in [5.74, 6) is 4.30. The largest absolute Gasteiger partial charge is 0.339 e. The van der Waals surface area contributed by atoms with Gasteiger partial charge in [0.15, 0.2) is 0 Å². The van der Waals surface area contributed by atoms with Crippen molar-refractivity contribution in [2.24, 2.45) is 35.3 Å². The van der Waals surface area contributed by atoms with E-state index in [2.05, 4.69) is 4.90 Å². The van der Waals surface area contributed by atoms with Crippen LogP contribution < -0.4 is 5.73 Å². The fourth-order valence-electron chi connectivity index (χ4n) is 5.28. The van der Waals surface area contributed by atoms with Crippen molar-refractivity contribution in [2.45, 2.75) is 51.0 Å². The molecule has 0 spiro atoms. The highest BCUT2D eigenvalue weighted by Crippen LogP contribution is 2.69. The lowest BCUT2D eigenvalue weighted by Crippen LogP contribution is -2.46. The number of nitrogens with two attached hydrogens (primary N) is 1. The van der Waals surface area contributed by atoms with E-state index in [9.17, 15) is 4.79 Å². The van der Waals surface area contributed by atoms with Crippen LogP contribution in [0.2, 0.25) is 0 Å². The Hall–Kier alpha value is -0.570. The second-order valence-corrected chi connectivity index (χ2v) is 7.27. The molecule has 4 atom stereocenters. The smallest absolute Gasteiger partial charge is 0.226 e. The fourth-order valence-corrected chi connectivity index (χ4v) is 5.28. The van der Waals surface area contributed by atoms with Crippen molar-refractivity contribution in [3.63, 3.8) is 0 Å². The van der Waals surface area contributed by atoms with Crippen LogP contribution >= 0.6 is 0 Å². The third-order valence-electron chi connectivity index (χ3n) is 6.42. The van der Waals surface area contributed by atoms with Gasteiger partial charge in [-0.15, -0.1) is 0 Å². The first-order valence-electron chi connectivity index (χ1n) is 8.32. The van der Waals surface area contributed by atoms with Gasteiger partial charge in [-0.25, -0.2) is 0 Å². The predicted octanol–water partition coefficient (Wildman–Crippen LogP) is 2.01. The molecule has 0 aromatic carbocycles. The lowest BCUT2D eigenvalue weighted by atomic mass is 9.90. The second-order valence-electron chi connectivity index (χ2n) is 7.27. The molecular formula is C16H26N2O. The molecule has 2 bridgehead atoms. The van der Waals surface area contributed by atoms with Crippen LogP contribution in [0.4, 0.5) is 0 Å². The first kappa shape index (κ1) is 12.2. The Morgan fingerprint density at radius 1 is 1.11 bits per heavy atom. The Balaban J connectivity index is 1.43. The third kappa shape index (κ3) is 1.77. The van der Waals surface area contributed by atoms with Gasteiger partial charge in [0.2, 0.25) is 5.91 Å². The molecular weight excluding hydrogens is 236 g/mol. The van der Waals surface area contributed by atoms with E-state index in [-0.39, 0.29) is 0 Å². The number of hydrogen-bond acceptors (Lipinski definition) is 2. The summed E-state index contributed by atoms with van der Waals surface area (Å²) >= 11 is 0. The van der Waals surface area contributed by atoms with Crippen molar-refractivity contribution < 1.29 is 4.79 Å². The molecule has 2 N–H and O–H groups in total. The van der Waals surface area contributed by atoms with Crippen molar-refractivity contribution in [1.29, 1.82) is 0 Å². The van der Waals surface area contributed by atoms with Crippen LogP contribution in [0, 0.1) is 29.6 Å². The van der Waals surface area contributed by atoms with Crippen molar-refractivity contribution >= 4 is 5.91 Å². The first-order valence-corrected chi connectivity index (χ1v) is 8.32. The second kappa shape index (κ2) is 4.47. The van der Waals surface area contributed by atoms with Crippen molar-refractivity contribution in [2.75, 3.05) is 13.1 Å². The standard InChI is InChI=1S/C16H26N2O/c17-7-2-8-18(12-3-1-4-12)16(19)15-13-10-5-6-11(9-10)14(13)15/h10-15H,1-9,17H2. The quantitative estimate of drug-likeness (QED) is 0.824. The maximum absolute atomic E-state index is 12.9. The summed E-state index contributed by atoms with van der Waals surface area (Å²) in [6.45, 7) is 1.62. The Bertz CT molecular complexity index is 363. The molecule has 0 aromatic rings. The minimum absolute atomic E-state index is 0.421. The molecule has 3 nitrogen and oxygen atoms in total. The monoisotopic (exact) mass is 262 g/mol. The van der Waals surface area contributed by atoms with Gasteiger partial charge < -0.3 is 10.6 Å².